The maximum absolute atomic E-state index is 13.1. The first-order chi connectivity index (χ1) is 12.5. The van der Waals surface area contributed by atoms with Crippen molar-refractivity contribution < 1.29 is 9.18 Å². The van der Waals surface area contributed by atoms with Gasteiger partial charge < -0.3 is 4.57 Å². The van der Waals surface area contributed by atoms with E-state index < -0.39 is 0 Å². The fourth-order valence-corrected chi connectivity index (χ4v) is 2.95. The van der Waals surface area contributed by atoms with E-state index in [0.29, 0.717) is 5.56 Å². The van der Waals surface area contributed by atoms with Crippen molar-refractivity contribution in [2.24, 2.45) is 5.10 Å². The van der Waals surface area contributed by atoms with Crippen LogP contribution < -0.4 is 5.43 Å². The van der Waals surface area contributed by atoms with Crippen LogP contribution >= 0.6 is 0 Å². The number of benzene rings is 2. The van der Waals surface area contributed by atoms with Crippen LogP contribution in [0.2, 0.25) is 0 Å². The minimum absolute atomic E-state index is 0.244. The SMILES string of the molecule is Cc1ccccc1C(=O)N/N=C/c1cc(C)n(-c2ccc(F)cc2)c1C. The Morgan fingerprint density at radius 1 is 1.08 bits per heavy atom. The van der Waals surface area contributed by atoms with E-state index in [1.54, 1.807) is 24.4 Å². The van der Waals surface area contributed by atoms with Gasteiger partial charge >= 0.3 is 0 Å². The van der Waals surface area contributed by atoms with E-state index in [1.165, 1.54) is 12.1 Å². The van der Waals surface area contributed by atoms with E-state index in [9.17, 15) is 9.18 Å². The van der Waals surface area contributed by atoms with Gasteiger partial charge in [-0.25, -0.2) is 9.82 Å². The van der Waals surface area contributed by atoms with Crippen LogP contribution in [0.15, 0.2) is 59.7 Å². The molecule has 5 heteroatoms. The maximum Gasteiger partial charge on any atom is 0.271 e. The number of hydrazone groups is 1. The van der Waals surface area contributed by atoms with Crippen LogP contribution in [0.3, 0.4) is 0 Å². The predicted octanol–water partition coefficient (Wildman–Crippen LogP) is 4.31. The number of halogens is 1. The smallest absolute Gasteiger partial charge is 0.271 e. The number of hydrogen-bond donors (Lipinski definition) is 1. The van der Waals surface area contributed by atoms with Crippen LogP contribution in [0.4, 0.5) is 4.39 Å². The molecule has 0 spiro atoms. The third-order valence-corrected chi connectivity index (χ3v) is 4.31. The maximum atomic E-state index is 13.1. The van der Waals surface area contributed by atoms with Crippen LogP contribution in [-0.4, -0.2) is 16.7 Å². The third-order valence-electron chi connectivity index (χ3n) is 4.31. The zero-order chi connectivity index (χ0) is 18.7. The highest BCUT2D eigenvalue weighted by molar-refractivity contribution is 5.96. The summed E-state index contributed by atoms with van der Waals surface area (Å²) in [7, 11) is 0. The molecule has 1 aromatic heterocycles. The van der Waals surface area contributed by atoms with Gasteiger partial charge in [-0.3, -0.25) is 4.79 Å². The zero-order valence-corrected chi connectivity index (χ0v) is 15.0. The van der Waals surface area contributed by atoms with Crippen LogP contribution in [0.25, 0.3) is 5.69 Å². The highest BCUT2D eigenvalue weighted by Crippen LogP contribution is 2.20. The van der Waals surface area contributed by atoms with E-state index in [-0.39, 0.29) is 11.7 Å². The Hall–Kier alpha value is -3.21. The van der Waals surface area contributed by atoms with Crippen molar-refractivity contribution in [1.82, 2.24) is 9.99 Å². The fourth-order valence-electron chi connectivity index (χ4n) is 2.95. The molecular weight excluding hydrogens is 329 g/mol. The summed E-state index contributed by atoms with van der Waals surface area (Å²) in [6.45, 7) is 5.81. The van der Waals surface area contributed by atoms with E-state index in [4.69, 9.17) is 0 Å². The minimum Gasteiger partial charge on any atom is -0.318 e. The van der Waals surface area contributed by atoms with Crippen LogP contribution in [-0.2, 0) is 0 Å². The summed E-state index contributed by atoms with van der Waals surface area (Å²) in [5.41, 5.74) is 7.79. The van der Waals surface area contributed by atoms with Gasteiger partial charge in [-0.15, -0.1) is 0 Å². The lowest BCUT2D eigenvalue weighted by Crippen LogP contribution is -2.18. The molecule has 0 saturated heterocycles. The van der Waals surface area contributed by atoms with Crippen LogP contribution in [0.5, 0.6) is 0 Å². The van der Waals surface area contributed by atoms with Crippen molar-refractivity contribution in [3.05, 3.63) is 88.5 Å². The van der Waals surface area contributed by atoms with Gasteiger partial charge in [0.2, 0.25) is 0 Å². The molecule has 0 fully saturated rings. The van der Waals surface area contributed by atoms with E-state index in [1.807, 2.05) is 49.6 Å². The standard InChI is InChI=1S/C21H20FN3O/c1-14-6-4-5-7-20(14)21(26)24-23-13-17-12-15(2)25(16(17)3)19-10-8-18(22)9-11-19/h4-13H,1-3H3,(H,24,26)/b23-13+. The van der Waals surface area contributed by atoms with Gasteiger partial charge in [-0.05, 0) is 62.7 Å². The van der Waals surface area contributed by atoms with E-state index in [2.05, 4.69) is 10.5 Å². The van der Waals surface area contributed by atoms with Crippen LogP contribution in [0, 0.1) is 26.6 Å². The summed E-state index contributed by atoms with van der Waals surface area (Å²) in [6, 6.07) is 15.7. The van der Waals surface area contributed by atoms with E-state index in [0.717, 1.165) is 28.2 Å². The Labute approximate surface area is 152 Å². The van der Waals surface area contributed by atoms with Crippen molar-refractivity contribution in [2.45, 2.75) is 20.8 Å². The monoisotopic (exact) mass is 349 g/mol. The number of nitrogens with zero attached hydrogens (tertiary/aromatic N) is 2. The number of aryl methyl sites for hydroxylation is 2. The Bertz CT molecular complexity index is 971. The number of carbonyl (C=O) groups is 1. The van der Waals surface area contributed by atoms with Crippen LogP contribution in [0.1, 0.15) is 32.9 Å². The predicted molar refractivity (Wildman–Crippen MR) is 101 cm³/mol. The van der Waals surface area contributed by atoms with E-state index >= 15 is 0 Å². The molecule has 3 rings (SSSR count). The second kappa shape index (κ2) is 7.35. The summed E-state index contributed by atoms with van der Waals surface area (Å²) < 4.78 is 15.2. The molecule has 1 heterocycles. The molecule has 2 aromatic carbocycles. The Kier molecular flexibility index (Phi) is 4.98. The van der Waals surface area contributed by atoms with Gasteiger partial charge in [0.25, 0.3) is 5.91 Å². The summed E-state index contributed by atoms with van der Waals surface area (Å²) in [4.78, 5) is 12.2. The molecule has 0 unspecified atom stereocenters. The van der Waals surface area contributed by atoms with Gasteiger partial charge in [-0.2, -0.15) is 5.10 Å². The van der Waals surface area contributed by atoms with Gasteiger partial charge in [0, 0.05) is 28.2 Å². The first-order valence-corrected chi connectivity index (χ1v) is 8.31. The van der Waals surface area contributed by atoms with Crippen molar-refractivity contribution in [2.75, 3.05) is 0 Å². The Balaban J connectivity index is 1.79. The lowest BCUT2D eigenvalue weighted by atomic mass is 10.1. The quantitative estimate of drug-likeness (QED) is 0.554. The number of carbonyl (C=O) groups excluding carboxylic acids is 1. The summed E-state index contributed by atoms with van der Waals surface area (Å²) in [5, 5.41) is 4.08. The number of nitrogens with one attached hydrogen (secondary N) is 1. The minimum atomic E-state index is -0.267. The normalized spacial score (nSPS) is 11.1. The topological polar surface area (TPSA) is 46.4 Å². The largest absolute Gasteiger partial charge is 0.318 e. The Morgan fingerprint density at radius 2 is 1.77 bits per heavy atom. The number of hydrogen-bond acceptors (Lipinski definition) is 2. The average molecular weight is 349 g/mol. The summed E-state index contributed by atoms with van der Waals surface area (Å²) in [5.74, 6) is -0.511. The molecule has 26 heavy (non-hydrogen) atoms. The molecule has 0 aliphatic carbocycles. The third kappa shape index (κ3) is 3.57. The molecule has 132 valence electrons. The molecule has 0 bridgehead atoms. The molecule has 1 N–H and O–H groups in total. The molecule has 4 nitrogen and oxygen atoms in total. The number of amides is 1. The fraction of sp³-hybridized carbons (Fsp3) is 0.143. The molecular formula is C21H20FN3O. The highest BCUT2D eigenvalue weighted by atomic mass is 19.1. The molecule has 0 radical (unpaired) electrons. The highest BCUT2D eigenvalue weighted by Gasteiger charge is 2.10. The average Bonchev–Trinajstić information content (AvgIpc) is 2.90. The van der Waals surface area contributed by atoms with Crippen molar-refractivity contribution >= 4 is 12.1 Å². The van der Waals surface area contributed by atoms with Crippen molar-refractivity contribution in [3.8, 4) is 5.69 Å². The van der Waals surface area contributed by atoms with Crippen molar-refractivity contribution in [3.63, 3.8) is 0 Å². The van der Waals surface area contributed by atoms with Gasteiger partial charge in [0.05, 0.1) is 6.21 Å². The van der Waals surface area contributed by atoms with Gasteiger partial charge in [0.15, 0.2) is 0 Å². The Morgan fingerprint density at radius 3 is 2.46 bits per heavy atom. The molecule has 0 aliphatic rings. The first-order valence-electron chi connectivity index (χ1n) is 8.31. The summed E-state index contributed by atoms with van der Waals surface area (Å²) in [6.07, 6.45) is 1.62. The molecule has 0 saturated carbocycles. The second-order valence-corrected chi connectivity index (χ2v) is 6.15. The zero-order valence-electron chi connectivity index (χ0n) is 15.0. The number of aromatic nitrogens is 1. The lowest BCUT2D eigenvalue weighted by molar-refractivity contribution is 0.0954. The second-order valence-electron chi connectivity index (χ2n) is 6.15. The molecule has 3 aromatic rings. The van der Waals surface area contributed by atoms with Crippen molar-refractivity contribution in [1.29, 1.82) is 0 Å². The number of rotatable bonds is 4. The van der Waals surface area contributed by atoms with Gasteiger partial charge in [-0.1, -0.05) is 18.2 Å². The first kappa shape index (κ1) is 17.6. The van der Waals surface area contributed by atoms with Gasteiger partial charge in [0.1, 0.15) is 5.82 Å². The summed E-state index contributed by atoms with van der Waals surface area (Å²) >= 11 is 0. The molecule has 0 atom stereocenters. The molecule has 1 amide bonds. The molecule has 0 aliphatic heterocycles. The lowest BCUT2D eigenvalue weighted by Gasteiger charge is -2.09.